The Morgan fingerprint density at radius 1 is 1.32 bits per heavy atom. The number of hydrogen-bond donors (Lipinski definition) is 1. The number of amides is 1. The van der Waals surface area contributed by atoms with Gasteiger partial charge in [-0.25, -0.2) is 9.18 Å². The van der Waals surface area contributed by atoms with E-state index in [1.165, 1.54) is 25.1 Å². The second-order valence-electron chi connectivity index (χ2n) is 3.89. The lowest BCUT2D eigenvalue weighted by atomic mass is 10.2. The molecule has 1 rings (SSSR count). The standard InChI is InChI=1S/C14H16FNO3/c1-11(17)16-9-2-10-19-14(18)8-5-12-3-6-13(15)7-4-12/h3-8H,2,9-10H2,1H3,(H,16,17). The molecule has 0 heterocycles. The number of esters is 1. The van der Waals surface area contributed by atoms with Gasteiger partial charge in [-0.15, -0.1) is 0 Å². The summed E-state index contributed by atoms with van der Waals surface area (Å²) in [6.07, 6.45) is 3.40. The molecule has 1 N–H and O–H groups in total. The monoisotopic (exact) mass is 265 g/mol. The molecule has 1 amide bonds. The Morgan fingerprint density at radius 3 is 2.63 bits per heavy atom. The maximum Gasteiger partial charge on any atom is 0.330 e. The van der Waals surface area contributed by atoms with E-state index in [1.54, 1.807) is 18.2 Å². The van der Waals surface area contributed by atoms with Crippen LogP contribution in [-0.4, -0.2) is 25.0 Å². The quantitative estimate of drug-likeness (QED) is 0.485. The third-order valence-corrected chi connectivity index (χ3v) is 2.22. The Hall–Kier alpha value is -2.17. The molecule has 0 aliphatic rings. The molecule has 19 heavy (non-hydrogen) atoms. The van der Waals surface area contributed by atoms with E-state index in [4.69, 9.17) is 4.74 Å². The van der Waals surface area contributed by atoms with Gasteiger partial charge in [-0.05, 0) is 30.2 Å². The van der Waals surface area contributed by atoms with E-state index in [0.29, 0.717) is 13.0 Å². The van der Waals surface area contributed by atoms with Crippen LogP contribution >= 0.6 is 0 Å². The number of nitrogens with one attached hydrogen (secondary N) is 1. The first kappa shape index (κ1) is 14.9. The molecule has 1 aromatic rings. The minimum Gasteiger partial charge on any atom is -0.462 e. The van der Waals surface area contributed by atoms with Gasteiger partial charge in [0.15, 0.2) is 0 Å². The lowest BCUT2D eigenvalue weighted by Gasteiger charge is -2.02. The van der Waals surface area contributed by atoms with Gasteiger partial charge in [-0.1, -0.05) is 12.1 Å². The first-order chi connectivity index (χ1) is 9.08. The predicted molar refractivity (Wildman–Crippen MR) is 69.7 cm³/mol. The molecule has 5 heteroatoms. The summed E-state index contributed by atoms with van der Waals surface area (Å²) in [6.45, 7) is 2.15. The molecule has 1 aromatic carbocycles. The van der Waals surface area contributed by atoms with E-state index in [9.17, 15) is 14.0 Å². The van der Waals surface area contributed by atoms with Crippen molar-refractivity contribution in [3.63, 3.8) is 0 Å². The molecule has 0 aliphatic carbocycles. The number of rotatable bonds is 6. The Morgan fingerprint density at radius 2 is 2.00 bits per heavy atom. The van der Waals surface area contributed by atoms with Gasteiger partial charge in [-0.2, -0.15) is 0 Å². The Labute approximate surface area is 111 Å². The molecule has 0 radical (unpaired) electrons. The van der Waals surface area contributed by atoms with E-state index in [2.05, 4.69) is 5.32 Å². The molecule has 0 unspecified atom stereocenters. The minimum atomic E-state index is -0.466. The van der Waals surface area contributed by atoms with Crippen LogP contribution in [0.4, 0.5) is 4.39 Å². The van der Waals surface area contributed by atoms with Gasteiger partial charge in [0.1, 0.15) is 5.82 Å². The fourth-order valence-electron chi connectivity index (χ4n) is 1.30. The molecule has 0 spiro atoms. The molecule has 4 nitrogen and oxygen atoms in total. The Balaban J connectivity index is 2.23. The molecule has 0 saturated carbocycles. The Kier molecular flexibility index (Phi) is 6.29. The van der Waals surface area contributed by atoms with E-state index in [-0.39, 0.29) is 18.3 Å². The molecule has 0 bridgehead atoms. The average Bonchev–Trinajstić information content (AvgIpc) is 2.37. The zero-order valence-corrected chi connectivity index (χ0v) is 10.7. The van der Waals surface area contributed by atoms with E-state index in [1.807, 2.05) is 0 Å². The van der Waals surface area contributed by atoms with Gasteiger partial charge < -0.3 is 10.1 Å². The highest BCUT2D eigenvalue weighted by Crippen LogP contribution is 2.04. The summed E-state index contributed by atoms with van der Waals surface area (Å²) in [5, 5.41) is 2.60. The molecule has 0 aliphatic heterocycles. The van der Waals surface area contributed by atoms with Crippen LogP contribution in [0.3, 0.4) is 0 Å². The average molecular weight is 265 g/mol. The van der Waals surface area contributed by atoms with Gasteiger partial charge in [0.05, 0.1) is 6.61 Å². The molecular formula is C14H16FNO3. The predicted octanol–water partition coefficient (Wildman–Crippen LogP) is 1.91. The summed E-state index contributed by atoms with van der Waals surface area (Å²) >= 11 is 0. The van der Waals surface area contributed by atoms with Crippen molar-refractivity contribution in [2.45, 2.75) is 13.3 Å². The van der Waals surface area contributed by atoms with Gasteiger partial charge >= 0.3 is 5.97 Å². The van der Waals surface area contributed by atoms with Crippen molar-refractivity contribution in [3.8, 4) is 0 Å². The van der Waals surface area contributed by atoms with E-state index < -0.39 is 5.97 Å². The first-order valence-electron chi connectivity index (χ1n) is 5.93. The molecule has 0 saturated heterocycles. The highest BCUT2D eigenvalue weighted by molar-refractivity contribution is 5.87. The number of ether oxygens (including phenoxy) is 1. The summed E-state index contributed by atoms with van der Waals surface area (Å²) in [5.41, 5.74) is 0.719. The van der Waals surface area contributed by atoms with Crippen molar-refractivity contribution in [1.82, 2.24) is 5.32 Å². The van der Waals surface area contributed by atoms with Crippen molar-refractivity contribution in [1.29, 1.82) is 0 Å². The zero-order valence-electron chi connectivity index (χ0n) is 10.7. The summed E-state index contributed by atoms with van der Waals surface area (Å²) in [7, 11) is 0. The second kappa shape index (κ2) is 8.02. The van der Waals surface area contributed by atoms with Gasteiger partial charge in [0.2, 0.25) is 5.91 Å². The summed E-state index contributed by atoms with van der Waals surface area (Å²) in [4.78, 5) is 21.9. The first-order valence-corrected chi connectivity index (χ1v) is 5.93. The molecular weight excluding hydrogens is 249 g/mol. The largest absolute Gasteiger partial charge is 0.462 e. The smallest absolute Gasteiger partial charge is 0.330 e. The Bertz CT molecular complexity index is 454. The van der Waals surface area contributed by atoms with Crippen LogP contribution < -0.4 is 5.32 Å². The zero-order chi connectivity index (χ0) is 14.1. The highest BCUT2D eigenvalue weighted by Gasteiger charge is 1.97. The minimum absolute atomic E-state index is 0.109. The van der Waals surface area contributed by atoms with Crippen LogP contribution in [0.25, 0.3) is 6.08 Å². The third-order valence-electron chi connectivity index (χ3n) is 2.22. The SMILES string of the molecule is CC(=O)NCCCOC(=O)C=Cc1ccc(F)cc1. The van der Waals surface area contributed by atoms with Gasteiger partial charge in [-0.3, -0.25) is 4.79 Å². The van der Waals surface area contributed by atoms with Crippen LogP contribution in [0.1, 0.15) is 18.9 Å². The van der Waals surface area contributed by atoms with Crippen molar-refractivity contribution >= 4 is 18.0 Å². The van der Waals surface area contributed by atoms with Gasteiger partial charge in [0.25, 0.3) is 0 Å². The van der Waals surface area contributed by atoms with Crippen molar-refractivity contribution in [2.75, 3.05) is 13.2 Å². The summed E-state index contributed by atoms with van der Waals surface area (Å²) in [6, 6.07) is 5.77. The topological polar surface area (TPSA) is 55.4 Å². The maximum absolute atomic E-state index is 12.6. The third kappa shape index (κ3) is 6.98. The van der Waals surface area contributed by atoms with Crippen LogP contribution in [0.15, 0.2) is 30.3 Å². The molecule has 0 atom stereocenters. The molecule has 0 aromatic heterocycles. The van der Waals surface area contributed by atoms with Crippen molar-refractivity contribution in [3.05, 3.63) is 41.7 Å². The second-order valence-corrected chi connectivity index (χ2v) is 3.89. The number of hydrogen-bond acceptors (Lipinski definition) is 3. The van der Waals surface area contributed by atoms with Crippen LogP contribution in [0.5, 0.6) is 0 Å². The molecule has 0 fully saturated rings. The van der Waals surface area contributed by atoms with E-state index >= 15 is 0 Å². The fraction of sp³-hybridized carbons (Fsp3) is 0.286. The van der Waals surface area contributed by atoms with Crippen LogP contribution in [-0.2, 0) is 14.3 Å². The van der Waals surface area contributed by atoms with Crippen LogP contribution in [0.2, 0.25) is 0 Å². The van der Waals surface area contributed by atoms with Crippen molar-refractivity contribution < 1.29 is 18.7 Å². The van der Waals surface area contributed by atoms with Gasteiger partial charge in [0, 0.05) is 19.5 Å². The fourth-order valence-corrected chi connectivity index (χ4v) is 1.30. The van der Waals surface area contributed by atoms with E-state index in [0.717, 1.165) is 5.56 Å². The lowest BCUT2D eigenvalue weighted by Crippen LogP contribution is -2.22. The lowest BCUT2D eigenvalue weighted by molar-refractivity contribution is -0.137. The van der Waals surface area contributed by atoms with Crippen molar-refractivity contribution in [2.24, 2.45) is 0 Å². The summed E-state index contributed by atoms with van der Waals surface area (Å²) < 4.78 is 17.6. The normalized spacial score (nSPS) is 10.4. The molecule has 102 valence electrons. The van der Waals surface area contributed by atoms with Crippen LogP contribution in [0, 0.1) is 5.82 Å². The number of halogens is 1. The number of carbonyl (C=O) groups is 2. The number of benzene rings is 1. The maximum atomic E-state index is 12.6. The number of carbonyl (C=O) groups excluding carboxylic acids is 2. The highest BCUT2D eigenvalue weighted by atomic mass is 19.1. The summed E-state index contributed by atoms with van der Waals surface area (Å²) in [5.74, 6) is -0.896.